The second kappa shape index (κ2) is 20.5. The Balaban J connectivity index is 0.935. The van der Waals surface area contributed by atoms with E-state index in [2.05, 4.69) is 26.1 Å². The molecule has 4 aliphatic heterocycles. The minimum atomic E-state index is -3.68. The van der Waals surface area contributed by atoms with Gasteiger partial charge in [-0.1, -0.05) is 60.5 Å². The number of likely N-dealkylation sites (tertiary alicyclic amines) is 2. The minimum Gasteiger partial charge on any atom is -0.457 e. The predicted octanol–water partition coefficient (Wildman–Crippen LogP) is 10.0. The summed E-state index contributed by atoms with van der Waals surface area (Å²) in [6.07, 6.45) is 5.75. The topological polar surface area (TPSA) is 168 Å². The summed E-state index contributed by atoms with van der Waals surface area (Å²) in [6.45, 7) is 11.2. The van der Waals surface area contributed by atoms with Crippen molar-refractivity contribution in [3.8, 4) is 17.1 Å². The van der Waals surface area contributed by atoms with E-state index in [0.717, 1.165) is 46.9 Å². The van der Waals surface area contributed by atoms with Crippen LogP contribution in [0.3, 0.4) is 0 Å². The molecule has 1 N–H and O–H groups in total. The van der Waals surface area contributed by atoms with Crippen molar-refractivity contribution >= 4 is 58.1 Å². The van der Waals surface area contributed by atoms with Crippen LogP contribution in [0, 0.1) is 0 Å². The van der Waals surface area contributed by atoms with Crippen molar-refractivity contribution in [3.63, 3.8) is 0 Å². The van der Waals surface area contributed by atoms with Crippen LogP contribution in [0.15, 0.2) is 82.1 Å². The van der Waals surface area contributed by atoms with Crippen molar-refractivity contribution < 1.29 is 42.2 Å². The lowest BCUT2D eigenvalue weighted by Gasteiger charge is -2.39. The summed E-state index contributed by atoms with van der Waals surface area (Å²) in [6, 6.07) is 22.1. The molecular weight excluding hydrogens is 965 g/mol. The molecule has 0 aliphatic carbocycles. The molecule has 17 heteroatoms. The molecule has 2 saturated heterocycles. The number of benzene rings is 3. The van der Waals surface area contributed by atoms with Gasteiger partial charge in [-0.05, 0) is 131 Å². The number of aromatic nitrogens is 2. The van der Waals surface area contributed by atoms with E-state index < -0.39 is 30.9 Å². The molecule has 15 nitrogen and oxygen atoms in total. The van der Waals surface area contributed by atoms with Crippen molar-refractivity contribution in [2.45, 2.75) is 110 Å². The summed E-state index contributed by atoms with van der Waals surface area (Å²) in [4.78, 5) is 65.1. The lowest BCUT2D eigenvalue weighted by atomic mass is 9.85. The number of nitrogens with zero attached hydrogens (tertiary/aromatic N) is 4. The van der Waals surface area contributed by atoms with E-state index in [0.29, 0.717) is 65.0 Å². The first-order chi connectivity index (χ1) is 33.4. The number of rotatable bonds is 15. The van der Waals surface area contributed by atoms with Crippen LogP contribution in [0.1, 0.15) is 105 Å². The number of anilines is 1. The van der Waals surface area contributed by atoms with Crippen molar-refractivity contribution in [2.24, 2.45) is 0 Å². The van der Waals surface area contributed by atoms with Crippen LogP contribution in [-0.2, 0) is 64.3 Å². The Kier molecular flexibility index (Phi) is 14.5. The number of pyridine rings is 2. The number of nitrogens with one attached hydrogen (secondary N) is 1. The number of amides is 1. The highest BCUT2D eigenvalue weighted by molar-refractivity contribution is 9.10. The SMILES string of the molecule is CCOP(=O)(OCC)C(Nc1ccc(CC(=O)OC2(CC)C(=O)OCc3c2cc2n(c3=O)Cc3c-2nc2ccc(OC(=O)N4CCC(N5CCCCC5)CC4)cc2c3CC)cc1)c1ccc(Br)cc1. The fourth-order valence-electron chi connectivity index (χ4n) is 10.4. The van der Waals surface area contributed by atoms with Gasteiger partial charge in [0.05, 0.1) is 48.6 Å². The summed E-state index contributed by atoms with van der Waals surface area (Å²) in [5.41, 5.74) is 3.81. The van der Waals surface area contributed by atoms with Crippen LogP contribution in [0.2, 0.25) is 0 Å². The van der Waals surface area contributed by atoms with E-state index in [1.807, 2.05) is 43.3 Å². The smallest absolute Gasteiger partial charge is 0.415 e. The Morgan fingerprint density at radius 1 is 0.899 bits per heavy atom. The van der Waals surface area contributed by atoms with Gasteiger partial charge >= 0.3 is 25.6 Å². The third-order valence-corrected chi connectivity index (χ3v) is 16.8. The Morgan fingerprint density at radius 3 is 2.28 bits per heavy atom. The number of aryl methyl sites for hydroxylation is 1. The van der Waals surface area contributed by atoms with Crippen molar-refractivity contribution in [1.29, 1.82) is 0 Å². The second-order valence-electron chi connectivity index (χ2n) is 18.0. The van der Waals surface area contributed by atoms with Gasteiger partial charge < -0.3 is 42.9 Å². The fourth-order valence-corrected chi connectivity index (χ4v) is 12.6. The maximum absolute atomic E-state index is 14.4. The highest BCUT2D eigenvalue weighted by Crippen LogP contribution is 2.61. The van der Waals surface area contributed by atoms with Crippen LogP contribution in [0.25, 0.3) is 22.3 Å². The first-order valence-electron chi connectivity index (χ1n) is 24.2. The summed E-state index contributed by atoms with van der Waals surface area (Å²) >= 11 is 3.46. The predicted molar refractivity (Wildman–Crippen MR) is 265 cm³/mol. The van der Waals surface area contributed by atoms with E-state index >= 15 is 0 Å². The highest BCUT2D eigenvalue weighted by atomic mass is 79.9. The molecule has 0 bridgehead atoms. The van der Waals surface area contributed by atoms with Crippen molar-refractivity contribution in [2.75, 3.05) is 44.7 Å². The number of hydrogen-bond donors (Lipinski definition) is 1. The van der Waals surface area contributed by atoms with Gasteiger partial charge in [0, 0.05) is 45.8 Å². The number of carbonyl (C=O) groups excluding carboxylic acids is 3. The van der Waals surface area contributed by atoms with E-state index in [9.17, 15) is 23.7 Å². The van der Waals surface area contributed by atoms with Gasteiger partial charge in [-0.15, -0.1) is 0 Å². The van der Waals surface area contributed by atoms with Gasteiger partial charge in [-0.3, -0.25) is 14.2 Å². The Hall–Kier alpha value is -5.38. The van der Waals surface area contributed by atoms with E-state index in [1.165, 1.54) is 19.3 Å². The maximum atomic E-state index is 14.4. The van der Waals surface area contributed by atoms with Gasteiger partial charge in [0.2, 0.25) is 5.60 Å². The summed E-state index contributed by atoms with van der Waals surface area (Å²) < 4.78 is 45.8. The Labute approximate surface area is 410 Å². The molecule has 0 radical (unpaired) electrons. The third kappa shape index (κ3) is 9.63. The Bertz CT molecular complexity index is 2850. The molecule has 5 aromatic rings. The lowest BCUT2D eigenvalue weighted by Crippen LogP contribution is -2.48. The summed E-state index contributed by atoms with van der Waals surface area (Å²) in [5.74, 6) is -1.84. The van der Waals surface area contributed by atoms with Gasteiger partial charge in [0.15, 0.2) is 5.78 Å². The number of carbonyl (C=O) groups is 3. The van der Waals surface area contributed by atoms with Crippen LogP contribution < -0.4 is 15.6 Å². The van der Waals surface area contributed by atoms with Crippen LogP contribution in [0.4, 0.5) is 10.5 Å². The number of hydrogen-bond acceptors (Lipinski definition) is 13. The zero-order valence-corrected chi connectivity index (χ0v) is 42.1. The highest BCUT2D eigenvalue weighted by Gasteiger charge is 2.50. The number of ether oxygens (including phenoxy) is 3. The largest absolute Gasteiger partial charge is 0.457 e. The summed E-state index contributed by atoms with van der Waals surface area (Å²) in [5, 5.41) is 4.15. The van der Waals surface area contributed by atoms with Gasteiger partial charge in [0.25, 0.3) is 5.56 Å². The van der Waals surface area contributed by atoms with Gasteiger partial charge in [-0.2, -0.15) is 0 Å². The number of esters is 2. The van der Waals surface area contributed by atoms with Crippen LogP contribution in [0.5, 0.6) is 5.75 Å². The molecule has 364 valence electrons. The molecule has 2 fully saturated rings. The fraction of sp³-hybridized carbons (Fsp3) is 0.442. The second-order valence-corrected chi connectivity index (χ2v) is 21.1. The number of piperidine rings is 2. The van der Waals surface area contributed by atoms with Crippen LogP contribution >= 0.6 is 23.5 Å². The van der Waals surface area contributed by atoms with E-state index in [1.54, 1.807) is 66.6 Å². The summed E-state index contributed by atoms with van der Waals surface area (Å²) in [7, 11) is -3.68. The van der Waals surface area contributed by atoms with Crippen molar-refractivity contribution in [3.05, 3.63) is 121 Å². The average molecular weight is 1020 g/mol. The molecule has 2 atom stereocenters. The zero-order chi connectivity index (χ0) is 48.5. The third-order valence-electron chi connectivity index (χ3n) is 13.9. The molecule has 69 heavy (non-hydrogen) atoms. The van der Waals surface area contributed by atoms with Crippen molar-refractivity contribution in [1.82, 2.24) is 19.4 Å². The van der Waals surface area contributed by atoms with E-state index in [4.69, 9.17) is 28.2 Å². The molecule has 4 aliphatic rings. The molecule has 3 aromatic carbocycles. The first kappa shape index (κ1) is 48.6. The molecular formula is C52H59BrN5O10P. The molecule has 9 rings (SSSR count). The van der Waals surface area contributed by atoms with Crippen LogP contribution in [-0.4, -0.2) is 82.8 Å². The molecule has 2 aromatic heterocycles. The monoisotopic (exact) mass is 1020 g/mol. The van der Waals surface area contributed by atoms with Gasteiger partial charge in [0.1, 0.15) is 12.4 Å². The average Bonchev–Trinajstić information content (AvgIpc) is 3.73. The maximum Gasteiger partial charge on any atom is 0.415 e. The zero-order valence-electron chi connectivity index (χ0n) is 39.6. The normalized spacial score (nSPS) is 18.8. The first-order valence-corrected chi connectivity index (χ1v) is 26.6. The minimum absolute atomic E-state index is 0.0175. The molecule has 0 spiro atoms. The number of cyclic esters (lactones) is 1. The number of halogens is 1. The molecule has 0 saturated carbocycles. The molecule has 1 amide bonds. The quantitative estimate of drug-likeness (QED) is 0.0763. The molecule has 2 unspecified atom stereocenters. The Morgan fingerprint density at radius 2 is 1.61 bits per heavy atom. The van der Waals surface area contributed by atoms with Gasteiger partial charge in [-0.25, -0.2) is 14.6 Å². The standard InChI is InChI=1S/C52H59BrN5O10P/c1-5-39-40-29-38(67-51(62)57-26-22-37(23-27-57)56-24-10-9-11-25-56)20-21-44(40)55-47-41(39)31-58-45(47)30-43-42(49(58)60)32-64-50(61)52(43,6-2)68-46(59)28-33-12-18-36(19-13-33)54-48(34-14-16-35(53)17-15-34)69(63,65-7-3)66-8-4/h12-21,29-30,37,48,54H,5-11,22-28,31-32H2,1-4H3. The number of fused-ring (bicyclic) bond motifs is 5. The van der Waals surface area contributed by atoms with E-state index in [-0.39, 0.29) is 62.0 Å². The lowest BCUT2D eigenvalue weighted by molar-refractivity contribution is -0.189. The molecule has 6 heterocycles.